The molecule has 0 fully saturated rings. The van der Waals surface area contributed by atoms with Crippen molar-refractivity contribution in [3.63, 3.8) is 0 Å². The fraction of sp³-hybridized carbons (Fsp3) is 0.133. The van der Waals surface area contributed by atoms with E-state index < -0.39 is 0 Å². The Bertz CT molecular complexity index is 1550. The number of carbonyl (C=O) groups is 1. The van der Waals surface area contributed by atoms with E-state index in [1.807, 2.05) is 55.5 Å². The molecule has 0 amide bonds. The summed E-state index contributed by atoms with van der Waals surface area (Å²) in [5, 5.41) is 2.31. The number of hydrogen-bond acceptors (Lipinski definition) is 5. The van der Waals surface area contributed by atoms with E-state index in [-0.39, 0.29) is 20.3 Å². The minimum atomic E-state index is -0.292. The van der Waals surface area contributed by atoms with Crippen LogP contribution in [-0.2, 0) is 0 Å². The number of fused-ring (bicyclic) bond motifs is 1. The molecule has 0 N–H and O–H groups in total. The van der Waals surface area contributed by atoms with Gasteiger partial charge < -0.3 is 0 Å². The van der Waals surface area contributed by atoms with Crippen LogP contribution in [0.1, 0.15) is 20.5 Å². The van der Waals surface area contributed by atoms with Crippen LogP contribution in [0.4, 0.5) is 0 Å². The first-order valence-electron chi connectivity index (χ1n) is 11.4. The van der Waals surface area contributed by atoms with Gasteiger partial charge in [-0.05, 0) is 0 Å². The van der Waals surface area contributed by atoms with Crippen molar-refractivity contribution in [2.24, 2.45) is 0 Å². The molecule has 1 aromatic heterocycles. The Hall–Kier alpha value is -3.86. The maximum absolute atomic E-state index is 13.5. The Balaban J connectivity index is 1.72. The van der Waals surface area contributed by atoms with Gasteiger partial charge in [0, 0.05) is 0 Å². The average molecular weight is 542 g/mol. The van der Waals surface area contributed by atoms with Crippen molar-refractivity contribution < 1.29 is 19.0 Å². The van der Waals surface area contributed by atoms with E-state index in [0.717, 1.165) is 32.2 Å². The molecule has 0 saturated carbocycles. The number of ether oxygens (including phenoxy) is 3. The van der Waals surface area contributed by atoms with E-state index in [4.69, 9.17) is 19.2 Å². The van der Waals surface area contributed by atoms with Crippen LogP contribution in [0.3, 0.4) is 0 Å². The van der Waals surface area contributed by atoms with Crippen molar-refractivity contribution in [1.82, 2.24) is 4.98 Å². The van der Waals surface area contributed by atoms with Crippen molar-refractivity contribution in [1.29, 1.82) is 0 Å². The monoisotopic (exact) mass is 543 g/mol. The molecule has 36 heavy (non-hydrogen) atoms. The summed E-state index contributed by atoms with van der Waals surface area (Å²) >= 11 is -0.292. The molecule has 0 atom stereocenters. The van der Waals surface area contributed by atoms with Gasteiger partial charge in [-0.3, -0.25) is 0 Å². The summed E-state index contributed by atoms with van der Waals surface area (Å²) in [5.41, 5.74) is 4.36. The van der Waals surface area contributed by atoms with Crippen LogP contribution in [0, 0.1) is 6.92 Å². The number of methoxy groups -OCH3 is 3. The summed E-state index contributed by atoms with van der Waals surface area (Å²) < 4.78 is 18.3. The molecule has 5 rings (SSSR count). The molecule has 5 aromatic rings. The van der Waals surface area contributed by atoms with Crippen molar-refractivity contribution in [2.45, 2.75) is 6.92 Å². The molecule has 0 spiro atoms. The van der Waals surface area contributed by atoms with Crippen LogP contribution in [0.15, 0.2) is 78.9 Å². The van der Waals surface area contributed by atoms with Gasteiger partial charge in [-0.15, -0.1) is 0 Å². The van der Waals surface area contributed by atoms with Crippen LogP contribution in [-0.4, -0.2) is 46.6 Å². The molecule has 0 bridgehead atoms. The van der Waals surface area contributed by atoms with Crippen molar-refractivity contribution >= 4 is 31.1 Å². The Morgan fingerprint density at radius 1 is 0.750 bits per heavy atom. The fourth-order valence-electron chi connectivity index (χ4n) is 4.19. The van der Waals surface area contributed by atoms with Gasteiger partial charge in [0.2, 0.25) is 0 Å². The Labute approximate surface area is 216 Å². The van der Waals surface area contributed by atoms with Crippen molar-refractivity contribution in [3.05, 3.63) is 94.6 Å². The number of carbonyl (C=O) groups excluding carboxylic acids is 1. The topological polar surface area (TPSA) is 57.7 Å². The van der Waals surface area contributed by atoms with Gasteiger partial charge in [0.05, 0.1) is 0 Å². The summed E-state index contributed by atoms with van der Waals surface area (Å²) in [4.78, 5) is 18.4. The third-order valence-electron chi connectivity index (χ3n) is 6.08. The molecule has 1 heterocycles. The third kappa shape index (κ3) is 4.41. The second kappa shape index (κ2) is 10.0. The zero-order valence-corrected chi connectivity index (χ0v) is 22.2. The Morgan fingerprint density at radius 3 is 2.06 bits per heavy atom. The second-order valence-corrected chi connectivity index (χ2v) is 10.5. The van der Waals surface area contributed by atoms with Crippen LogP contribution in [0.25, 0.3) is 32.0 Å². The number of aryl methyl sites for hydroxylation is 1. The predicted molar refractivity (Wildman–Crippen MR) is 144 cm³/mol. The van der Waals surface area contributed by atoms with E-state index in [2.05, 4.69) is 30.3 Å². The predicted octanol–water partition coefficient (Wildman–Crippen LogP) is 6.19. The molecule has 0 aliphatic rings. The molecule has 0 aliphatic heterocycles. The summed E-state index contributed by atoms with van der Waals surface area (Å²) in [6, 6.07) is 26.0. The molecule has 0 aliphatic carbocycles. The number of aromatic nitrogens is 1. The van der Waals surface area contributed by atoms with Crippen LogP contribution in [0.5, 0.6) is 17.2 Å². The van der Waals surface area contributed by atoms with Gasteiger partial charge in [0.15, 0.2) is 0 Å². The normalized spacial score (nSPS) is 10.9. The quantitative estimate of drug-likeness (QED) is 0.181. The molecule has 4 aromatic carbocycles. The zero-order valence-electron chi connectivity index (χ0n) is 20.5. The van der Waals surface area contributed by atoms with E-state index in [0.29, 0.717) is 27.4 Å². The third-order valence-corrected chi connectivity index (χ3v) is 8.40. The van der Waals surface area contributed by atoms with Gasteiger partial charge in [-0.2, -0.15) is 0 Å². The van der Waals surface area contributed by atoms with E-state index >= 15 is 0 Å². The maximum atomic E-state index is 13.5. The summed E-state index contributed by atoms with van der Waals surface area (Å²) in [6.07, 6.45) is 0. The number of hydrogen-bond donors (Lipinski definition) is 0. The molecule has 0 radical (unpaired) electrons. The first-order valence-corrected chi connectivity index (χ1v) is 13.2. The second-order valence-electron chi connectivity index (χ2n) is 8.37. The summed E-state index contributed by atoms with van der Waals surface area (Å²) in [5.74, 6) is 1.55. The van der Waals surface area contributed by atoms with Crippen LogP contribution >= 0.6 is 0 Å². The summed E-state index contributed by atoms with van der Waals surface area (Å²) in [6.45, 7) is 2.01. The SMILES string of the molecule is COc1cc(-c2nc(C(=O)c3ccc(C)cc3)[se]c2-c2ccc3ccccc3c2)cc(OC)c1OC. The number of nitrogens with zero attached hydrogens (tertiary/aromatic N) is 1. The Morgan fingerprint density at radius 2 is 1.42 bits per heavy atom. The average Bonchev–Trinajstić information content (AvgIpc) is 3.37. The standard InChI is InChI=1S/C30H25NO4Se/c1-18-9-11-20(12-10-18)27(32)30-31-26(23-16-24(33-2)28(35-4)25(17-23)34-3)29(36-30)22-14-13-19-7-5-6-8-21(19)15-22/h5-17H,1-4H3. The van der Waals surface area contributed by atoms with Gasteiger partial charge >= 0.3 is 216 Å². The molecule has 6 heteroatoms. The molecular formula is C30H25NO4Se. The van der Waals surface area contributed by atoms with Gasteiger partial charge in [-0.1, -0.05) is 0 Å². The van der Waals surface area contributed by atoms with E-state index in [1.54, 1.807) is 21.3 Å². The number of benzene rings is 4. The van der Waals surface area contributed by atoms with Gasteiger partial charge in [0.1, 0.15) is 0 Å². The zero-order chi connectivity index (χ0) is 25.2. The number of ketones is 1. The summed E-state index contributed by atoms with van der Waals surface area (Å²) in [7, 11) is 4.76. The van der Waals surface area contributed by atoms with Crippen molar-refractivity contribution in [2.75, 3.05) is 21.3 Å². The first-order chi connectivity index (χ1) is 17.5. The molecule has 0 saturated heterocycles. The van der Waals surface area contributed by atoms with Crippen LogP contribution in [0.2, 0.25) is 0 Å². The van der Waals surface area contributed by atoms with E-state index in [1.165, 1.54) is 5.39 Å². The van der Waals surface area contributed by atoms with Gasteiger partial charge in [0.25, 0.3) is 0 Å². The minimum absolute atomic E-state index is 0.0456. The van der Waals surface area contributed by atoms with Crippen LogP contribution < -0.4 is 14.2 Å². The first kappa shape index (κ1) is 23.9. The fourth-order valence-corrected chi connectivity index (χ4v) is 6.38. The molecule has 5 nitrogen and oxygen atoms in total. The van der Waals surface area contributed by atoms with Gasteiger partial charge in [-0.25, -0.2) is 0 Å². The number of rotatable bonds is 7. The molecular weight excluding hydrogens is 517 g/mol. The Kier molecular flexibility index (Phi) is 6.64. The van der Waals surface area contributed by atoms with Crippen molar-refractivity contribution in [3.8, 4) is 38.5 Å². The molecule has 180 valence electrons. The van der Waals surface area contributed by atoms with E-state index in [9.17, 15) is 4.79 Å². The molecule has 0 unspecified atom stereocenters.